The number of hydrogen-bond acceptors (Lipinski definition) is 9. The van der Waals surface area contributed by atoms with E-state index in [1.807, 2.05) is 0 Å². The molecule has 12 nitrogen and oxygen atoms in total. The van der Waals surface area contributed by atoms with E-state index in [9.17, 15) is 29.1 Å². The third-order valence-corrected chi connectivity index (χ3v) is 7.15. The summed E-state index contributed by atoms with van der Waals surface area (Å²) >= 11 is 0. The zero-order valence-corrected chi connectivity index (χ0v) is 22.3. The average Bonchev–Trinajstić information content (AvgIpc) is 3.09. The summed E-state index contributed by atoms with van der Waals surface area (Å²) in [5.41, 5.74) is -3.69. The minimum absolute atomic E-state index is 0.121. The number of methoxy groups -OCH3 is 2. The van der Waals surface area contributed by atoms with Crippen LogP contribution in [0.25, 0.3) is 0 Å². The van der Waals surface area contributed by atoms with Crippen molar-refractivity contribution in [2.75, 3.05) is 33.6 Å². The van der Waals surface area contributed by atoms with Gasteiger partial charge in [0.25, 0.3) is 11.8 Å². The number of nitrogens with zero attached hydrogens (tertiary/aromatic N) is 1. The molecular formula is C26H34N4O8. The molecular weight excluding hydrogens is 496 g/mol. The molecule has 2 heterocycles. The number of amides is 3. The zero-order valence-electron chi connectivity index (χ0n) is 22.3. The van der Waals surface area contributed by atoms with Crippen LogP contribution in [0, 0.1) is 0 Å². The maximum absolute atomic E-state index is 14.2. The minimum Gasteiger partial charge on any atom is -0.469 e. The summed E-state index contributed by atoms with van der Waals surface area (Å²) in [6.45, 7) is 3.39. The highest BCUT2D eigenvalue weighted by molar-refractivity contribution is 6.20. The number of benzene rings is 1. The van der Waals surface area contributed by atoms with E-state index in [4.69, 9.17) is 4.74 Å². The number of likely N-dealkylation sites (N-methyl/N-ethyl adjacent to an activating group) is 2. The number of aliphatic hydroxyl groups is 1. The van der Waals surface area contributed by atoms with Gasteiger partial charge in [-0.25, -0.2) is 0 Å². The number of anilines is 1. The lowest BCUT2D eigenvalue weighted by atomic mass is 9.69. The number of carbonyl (C=O) groups excluding carboxylic acids is 5. The smallest absolute Gasteiger partial charge is 0.305 e. The van der Waals surface area contributed by atoms with Crippen molar-refractivity contribution in [1.82, 2.24) is 15.5 Å². The quantitative estimate of drug-likeness (QED) is 0.189. The first-order chi connectivity index (χ1) is 17.9. The van der Waals surface area contributed by atoms with E-state index >= 15 is 0 Å². The molecule has 0 aromatic heterocycles. The number of ketones is 1. The molecule has 0 saturated carbocycles. The molecule has 0 aliphatic carbocycles. The number of carbonyl (C=O) groups is 5. The molecule has 1 aromatic rings. The summed E-state index contributed by atoms with van der Waals surface area (Å²) in [6, 6.07) is 3.87. The number of fused-ring (bicyclic) bond motifs is 3. The van der Waals surface area contributed by atoms with Crippen LogP contribution in [-0.2, 0) is 39.0 Å². The van der Waals surface area contributed by atoms with Gasteiger partial charge in [-0.15, -0.1) is 0 Å². The molecule has 0 unspecified atom stereocenters. The Balaban J connectivity index is 2.20. The highest BCUT2D eigenvalue weighted by Crippen LogP contribution is 2.54. The van der Waals surface area contributed by atoms with Gasteiger partial charge in [-0.1, -0.05) is 23.8 Å². The number of para-hydroxylation sites is 1. The summed E-state index contributed by atoms with van der Waals surface area (Å²) in [5, 5.41) is 20.2. The number of likely N-dealkylation sites (tertiary alicyclic amines) is 1. The van der Waals surface area contributed by atoms with Gasteiger partial charge in [-0.2, -0.15) is 0 Å². The van der Waals surface area contributed by atoms with Crippen molar-refractivity contribution >= 4 is 35.2 Å². The molecule has 0 radical (unpaired) electrons. The van der Waals surface area contributed by atoms with Crippen LogP contribution in [0.3, 0.4) is 0 Å². The Bertz CT molecular complexity index is 1180. The largest absolute Gasteiger partial charge is 0.469 e. The van der Waals surface area contributed by atoms with Crippen molar-refractivity contribution < 1.29 is 38.6 Å². The molecule has 3 amide bonds. The highest BCUT2D eigenvalue weighted by atomic mass is 16.5. The first kappa shape index (κ1) is 29.0. The van der Waals surface area contributed by atoms with Crippen LogP contribution in [0.1, 0.15) is 32.3 Å². The predicted molar refractivity (Wildman–Crippen MR) is 136 cm³/mol. The van der Waals surface area contributed by atoms with Crippen molar-refractivity contribution in [3.63, 3.8) is 0 Å². The Hall–Kier alpha value is -3.61. The number of hydrogen-bond donors (Lipinski definition) is 4. The van der Waals surface area contributed by atoms with Crippen LogP contribution in [0.15, 0.2) is 35.9 Å². The fourth-order valence-electron chi connectivity index (χ4n) is 5.43. The van der Waals surface area contributed by atoms with Crippen molar-refractivity contribution in [3.05, 3.63) is 41.5 Å². The van der Waals surface area contributed by atoms with E-state index in [0.717, 1.165) is 0 Å². The third kappa shape index (κ3) is 4.38. The Labute approximate surface area is 220 Å². The summed E-state index contributed by atoms with van der Waals surface area (Å²) in [6.07, 6.45) is -0.351. The van der Waals surface area contributed by atoms with Gasteiger partial charge in [0.2, 0.25) is 11.4 Å². The lowest BCUT2D eigenvalue weighted by Crippen LogP contribution is -2.74. The molecule has 0 spiro atoms. The topological polar surface area (TPSA) is 163 Å². The molecule has 4 N–H and O–H groups in total. The Kier molecular flexibility index (Phi) is 8.39. The van der Waals surface area contributed by atoms with Crippen LogP contribution >= 0.6 is 0 Å². The number of allylic oxidation sites excluding steroid dienone is 1. The molecule has 1 fully saturated rings. The summed E-state index contributed by atoms with van der Waals surface area (Å²) in [5.74, 6) is -3.64. The molecule has 3 rings (SSSR count). The van der Waals surface area contributed by atoms with Gasteiger partial charge < -0.3 is 30.5 Å². The van der Waals surface area contributed by atoms with Crippen LogP contribution in [-0.4, -0.2) is 91.5 Å². The number of nitrogens with one attached hydrogen (secondary N) is 3. The number of ether oxygens (including phenoxy) is 2. The summed E-state index contributed by atoms with van der Waals surface area (Å²) in [7, 11) is 5.22. The molecule has 5 atom stereocenters. The van der Waals surface area contributed by atoms with Gasteiger partial charge in [0.1, 0.15) is 12.1 Å². The van der Waals surface area contributed by atoms with Crippen LogP contribution in [0.5, 0.6) is 0 Å². The van der Waals surface area contributed by atoms with Gasteiger partial charge in [-0.05, 0) is 39.5 Å². The number of rotatable bonds is 9. The van der Waals surface area contributed by atoms with Crippen LogP contribution < -0.4 is 16.0 Å². The second kappa shape index (κ2) is 11.0. The van der Waals surface area contributed by atoms with Crippen molar-refractivity contribution in [2.45, 2.75) is 56.0 Å². The van der Waals surface area contributed by atoms with E-state index < -0.39 is 58.8 Å². The maximum atomic E-state index is 14.2. The summed E-state index contributed by atoms with van der Waals surface area (Å²) < 4.78 is 10.3. The van der Waals surface area contributed by atoms with E-state index in [0.29, 0.717) is 5.57 Å². The summed E-state index contributed by atoms with van der Waals surface area (Å²) in [4.78, 5) is 67.1. The Morgan fingerprint density at radius 3 is 2.45 bits per heavy atom. The van der Waals surface area contributed by atoms with E-state index in [1.54, 1.807) is 32.0 Å². The maximum Gasteiger partial charge on any atom is 0.305 e. The highest BCUT2D eigenvalue weighted by Gasteiger charge is 2.78. The van der Waals surface area contributed by atoms with Crippen molar-refractivity contribution in [1.29, 1.82) is 0 Å². The van der Waals surface area contributed by atoms with Gasteiger partial charge in [0.05, 0.1) is 13.2 Å². The standard InChI is InChI=1S/C26H34N4O8/c1-14(2)13-18(31)17(11-12-19(32)37-5)29-24(35)25-23(34)28-16-10-8-7-9-15(16)26(25,36)21(38-6)20(30(25)4)22(33)27-3/h7-10,13,17,20-21,36H,11-12H2,1-6H3,(H,27,33)(H,28,34)(H,29,35)/t17-,20+,21-,25-,26-/m0/s1. The monoisotopic (exact) mass is 530 g/mol. The van der Waals surface area contributed by atoms with Crippen molar-refractivity contribution in [3.8, 4) is 0 Å². The first-order valence-electron chi connectivity index (χ1n) is 12.1. The van der Waals surface area contributed by atoms with Gasteiger partial charge in [0, 0.05) is 31.8 Å². The molecule has 38 heavy (non-hydrogen) atoms. The first-order valence-corrected chi connectivity index (χ1v) is 12.1. The Morgan fingerprint density at radius 2 is 1.87 bits per heavy atom. The molecule has 206 valence electrons. The van der Waals surface area contributed by atoms with Gasteiger partial charge in [-0.3, -0.25) is 28.9 Å². The van der Waals surface area contributed by atoms with E-state index in [1.165, 1.54) is 45.4 Å². The van der Waals surface area contributed by atoms with Crippen LogP contribution in [0.4, 0.5) is 5.69 Å². The zero-order chi connectivity index (χ0) is 28.4. The predicted octanol–water partition coefficient (Wildman–Crippen LogP) is -0.387. The van der Waals surface area contributed by atoms with Crippen LogP contribution in [0.2, 0.25) is 0 Å². The van der Waals surface area contributed by atoms with Crippen molar-refractivity contribution in [2.24, 2.45) is 0 Å². The molecule has 12 heteroatoms. The third-order valence-electron chi connectivity index (χ3n) is 7.15. The van der Waals surface area contributed by atoms with E-state index in [2.05, 4.69) is 20.7 Å². The SMILES string of the molecule is CNC(=O)[C@H]1[C@H](OC)[C@@]2(O)c3ccccc3NC(=O)[C@@]2(C(=O)N[C@@H](CCC(=O)OC)C(=O)C=C(C)C)N1C. The molecule has 2 aliphatic heterocycles. The fraction of sp³-hybridized carbons (Fsp3) is 0.500. The number of esters is 1. The second-order valence-electron chi connectivity index (χ2n) is 9.57. The average molecular weight is 531 g/mol. The lowest BCUT2D eigenvalue weighted by Gasteiger charge is -2.47. The normalized spacial score (nSPS) is 26.8. The van der Waals surface area contributed by atoms with Gasteiger partial charge in [0.15, 0.2) is 11.4 Å². The molecule has 1 saturated heterocycles. The minimum atomic E-state index is -2.42. The van der Waals surface area contributed by atoms with E-state index in [-0.39, 0.29) is 24.1 Å². The fourth-order valence-corrected chi connectivity index (χ4v) is 5.43. The second-order valence-corrected chi connectivity index (χ2v) is 9.57. The molecule has 0 bridgehead atoms. The van der Waals surface area contributed by atoms with Gasteiger partial charge >= 0.3 is 5.97 Å². The lowest BCUT2D eigenvalue weighted by molar-refractivity contribution is -0.168. The molecule has 1 aromatic carbocycles. The Morgan fingerprint density at radius 1 is 1.21 bits per heavy atom. The molecule has 2 aliphatic rings.